The highest BCUT2D eigenvalue weighted by Gasteiger charge is 2.33. The quantitative estimate of drug-likeness (QED) is 0.0297. The summed E-state index contributed by atoms with van der Waals surface area (Å²) in [6.07, 6.45) is 8.40. The van der Waals surface area contributed by atoms with Crippen molar-refractivity contribution in [3.63, 3.8) is 0 Å². The number of alkyl carbamates (subject to hydrolysis) is 2. The summed E-state index contributed by atoms with van der Waals surface area (Å²) in [5.41, 5.74) is 4.52. The van der Waals surface area contributed by atoms with Gasteiger partial charge in [-0.3, -0.25) is 19.6 Å². The molecule has 81 heavy (non-hydrogen) atoms. The van der Waals surface area contributed by atoms with E-state index in [1.807, 2.05) is 59.2 Å². The number of carbonyl (C=O) groups excluding carboxylic acids is 6. The van der Waals surface area contributed by atoms with Crippen LogP contribution in [0.4, 0.5) is 19.2 Å². The number of aliphatic hydroxyl groups is 1. The number of thiazole rings is 4. The van der Waals surface area contributed by atoms with Crippen molar-refractivity contribution in [1.29, 1.82) is 0 Å². The summed E-state index contributed by atoms with van der Waals surface area (Å²) < 4.78 is 16.7. The van der Waals surface area contributed by atoms with Gasteiger partial charge in [0, 0.05) is 74.0 Å². The third kappa shape index (κ3) is 26.8. The van der Waals surface area contributed by atoms with E-state index in [2.05, 4.69) is 75.8 Å². The third-order valence-corrected chi connectivity index (χ3v) is 17.3. The second-order valence-electron chi connectivity index (χ2n) is 22.1. The maximum Gasteiger partial charge on any atom is 0.407 e. The number of rotatable bonds is 33. The number of ether oxygens (including phenoxy) is 3. The van der Waals surface area contributed by atoms with Crippen molar-refractivity contribution in [3.8, 4) is 0 Å². The zero-order valence-corrected chi connectivity index (χ0v) is 53.5. The number of aliphatic hydroxyl groups excluding tert-OH is 1. The van der Waals surface area contributed by atoms with E-state index in [0.717, 1.165) is 76.1 Å². The highest BCUT2D eigenvalue weighted by atomic mass is 32.1. The van der Waals surface area contributed by atoms with E-state index in [9.17, 15) is 33.9 Å². The standard InChI is InChI=1S/C31H51N5O5S2.C26H41N5O5S2/c1-10-22(12-13-23(11-2)34-30(39)40-17-25-15-32-19-43-25)14-26(37)27(21(5)41-31(6,7)8)35-29(38)36(9)16-24-18-42-28(33-24)20(3)4;1-6-18(8-9-19(7-2)29-26(35)36-14-21-11-27-16-38-21)10-23(33)22(13-32)30-25(34)31(5)12-20-15-37-24(28-20)17(3)4/h15,18-23,27H,10-14,16-17H2,1-9H3,(H,34,39)(H,35,38);11,15-19,22,32H,6-10,12-14H2,1-5H3,(H,29,35)(H,30,34). The van der Waals surface area contributed by atoms with E-state index < -0.39 is 48.6 Å². The fourth-order valence-electron chi connectivity index (χ4n) is 8.45. The Balaban J connectivity index is 0.000000428. The molecule has 4 aromatic rings. The van der Waals surface area contributed by atoms with Crippen LogP contribution in [-0.4, -0.2) is 127 Å². The van der Waals surface area contributed by atoms with Crippen molar-refractivity contribution < 1.29 is 48.1 Å². The molecule has 0 aliphatic rings. The van der Waals surface area contributed by atoms with Crippen molar-refractivity contribution >= 4 is 81.2 Å². The van der Waals surface area contributed by atoms with Gasteiger partial charge in [-0.2, -0.15) is 0 Å². The lowest BCUT2D eigenvalue weighted by Gasteiger charge is -2.32. The molecule has 0 fully saturated rings. The average molecular weight is 1210 g/mol. The number of aromatic nitrogens is 4. The summed E-state index contributed by atoms with van der Waals surface area (Å²) in [6, 6.07) is -2.68. The molecular formula is C57H92N10O10S4. The van der Waals surface area contributed by atoms with E-state index in [4.69, 9.17) is 14.2 Å². The maximum absolute atomic E-state index is 13.7. The van der Waals surface area contributed by atoms with Crippen LogP contribution in [-0.2, 0) is 50.1 Å². The minimum Gasteiger partial charge on any atom is -0.444 e. The van der Waals surface area contributed by atoms with Crippen LogP contribution in [0.1, 0.15) is 190 Å². The van der Waals surface area contributed by atoms with Gasteiger partial charge in [0.25, 0.3) is 0 Å². The molecule has 0 bridgehead atoms. The van der Waals surface area contributed by atoms with Crippen LogP contribution < -0.4 is 21.3 Å². The first-order valence-electron chi connectivity index (χ1n) is 28.3. The molecule has 0 aromatic carbocycles. The van der Waals surface area contributed by atoms with Gasteiger partial charge in [-0.15, -0.1) is 45.3 Å². The van der Waals surface area contributed by atoms with Gasteiger partial charge in [-0.1, -0.05) is 68.2 Å². The largest absolute Gasteiger partial charge is 0.444 e. The van der Waals surface area contributed by atoms with Gasteiger partial charge in [-0.05, 0) is 78.1 Å². The van der Waals surface area contributed by atoms with E-state index >= 15 is 0 Å². The monoisotopic (exact) mass is 1200 g/mol. The Hall–Kier alpha value is -5.14. The van der Waals surface area contributed by atoms with Crippen LogP contribution in [0, 0.1) is 11.8 Å². The average Bonchev–Trinajstić information content (AvgIpc) is 4.30. The van der Waals surface area contributed by atoms with Gasteiger partial charge in [0.05, 0.1) is 73.6 Å². The smallest absolute Gasteiger partial charge is 0.407 e. The van der Waals surface area contributed by atoms with Crippen molar-refractivity contribution in [3.05, 3.63) is 65.3 Å². The van der Waals surface area contributed by atoms with Crippen LogP contribution in [0.15, 0.2) is 34.2 Å². The fourth-order valence-corrected chi connectivity index (χ4v) is 11.1. The number of urea groups is 2. The van der Waals surface area contributed by atoms with Crippen LogP contribution in [0.2, 0.25) is 0 Å². The molecule has 5 N–H and O–H groups in total. The second kappa shape index (κ2) is 36.4. The molecule has 0 saturated carbocycles. The molecule has 454 valence electrons. The molecule has 0 saturated heterocycles. The lowest BCUT2D eigenvalue weighted by atomic mass is 9.89. The molecule has 0 radical (unpaired) electrons. The lowest BCUT2D eigenvalue weighted by molar-refractivity contribution is -0.129. The van der Waals surface area contributed by atoms with Crippen molar-refractivity contribution in [2.75, 3.05) is 20.7 Å². The lowest BCUT2D eigenvalue weighted by Crippen LogP contribution is -2.53. The van der Waals surface area contributed by atoms with E-state index in [1.54, 1.807) is 65.1 Å². The molecule has 24 heteroatoms. The molecule has 7 unspecified atom stereocenters. The summed E-state index contributed by atoms with van der Waals surface area (Å²) >= 11 is 6.01. The molecule has 0 aliphatic heterocycles. The topological polar surface area (TPSA) is 256 Å². The summed E-state index contributed by atoms with van der Waals surface area (Å²) in [5.74, 6) is 0.544. The Labute approximate surface area is 496 Å². The highest BCUT2D eigenvalue weighted by molar-refractivity contribution is 7.10. The number of amides is 6. The van der Waals surface area contributed by atoms with E-state index in [0.29, 0.717) is 37.8 Å². The fraction of sp³-hybridized carbons (Fsp3) is 0.684. The Bertz CT molecular complexity index is 2460. The number of nitrogens with one attached hydrogen (secondary N) is 4. The van der Waals surface area contributed by atoms with Crippen LogP contribution in [0.25, 0.3) is 0 Å². The molecular weight excluding hydrogens is 1110 g/mol. The summed E-state index contributed by atoms with van der Waals surface area (Å²) in [7, 11) is 3.34. The summed E-state index contributed by atoms with van der Waals surface area (Å²) in [5, 5.41) is 27.2. The van der Waals surface area contributed by atoms with Crippen LogP contribution in [0.5, 0.6) is 0 Å². The SMILES string of the molecule is CCC(CCC(CC)NC(=O)OCc1cncs1)CC(=O)C(CO)NC(=O)N(C)Cc1csc(C(C)C)n1.CCC(CCC(CC)NC(=O)OCc1cncs1)CC(=O)C(NC(=O)N(C)Cc1csc(C(C)C)n1)C(C)OC(C)(C)C. The van der Waals surface area contributed by atoms with Gasteiger partial charge in [0.1, 0.15) is 25.3 Å². The molecule has 7 atom stereocenters. The van der Waals surface area contributed by atoms with Gasteiger partial charge in [-0.25, -0.2) is 29.1 Å². The van der Waals surface area contributed by atoms with Gasteiger partial charge in [0.2, 0.25) is 0 Å². The number of ketones is 2. The van der Waals surface area contributed by atoms with Crippen LogP contribution in [0.3, 0.4) is 0 Å². The van der Waals surface area contributed by atoms with Crippen LogP contribution >= 0.6 is 45.3 Å². The Morgan fingerprint density at radius 3 is 1.40 bits per heavy atom. The predicted octanol–water partition coefficient (Wildman–Crippen LogP) is 11.6. The molecule has 20 nitrogen and oxygen atoms in total. The zero-order chi connectivity index (χ0) is 60.2. The van der Waals surface area contributed by atoms with Gasteiger partial charge >= 0.3 is 24.2 Å². The normalized spacial score (nSPS) is 14.1. The molecule has 4 aromatic heterocycles. The third-order valence-electron chi connectivity index (χ3n) is 13.4. The predicted molar refractivity (Wildman–Crippen MR) is 322 cm³/mol. The summed E-state index contributed by atoms with van der Waals surface area (Å²) in [4.78, 5) is 98.9. The van der Waals surface area contributed by atoms with E-state index in [-0.39, 0.29) is 61.2 Å². The molecule has 0 spiro atoms. The number of Topliss-reactive ketones (excluding diaryl/α,β-unsaturated/α-hetero) is 2. The molecule has 4 heterocycles. The van der Waals surface area contributed by atoms with Crippen molar-refractivity contribution in [2.24, 2.45) is 11.8 Å². The number of hydrogen-bond donors (Lipinski definition) is 5. The minimum atomic E-state index is -0.970. The zero-order valence-electron chi connectivity index (χ0n) is 50.2. The molecule has 4 rings (SSSR count). The molecule has 6 amide bonds. The number of nitrogens with zero attached hydrogens (tertiary/aromatic N) is 6. The van der Waals surface area contributed by atoms with Crippen molar-refractivity contribution in [1.82, 2.24) is 51.0 Å². The Morgan fingerprint density at radius 1 is 0.605 bits per heavy atom. The minimum absolute atomic E-state index is 0.0627. The van der Waals surface area contributed by atoms with Crippen molar-refractivity contribution in [2.45, 2.75) is 221 Å². The Morgan fingerprint density at radius 2 is 1.04 bits per heavy atom. The molecule has 0 aliphatic carbocycles. The Kier molecular flexibility index (Phi) is 31.6. The van der Waals surface area contributed by atoms with E-state index in [1.165, 1.54) is 27.6 Å². The number of carbonyl (C=O) groups is 6. The first-order chi connectivity index (χ1) is 38.4. The van der Waals surface area contributed by atoms with Gasteiger partial charge in [0.15, 0.2) is 11.6 Å². The van der Waals surface area contributed by atoms with Gasteiger partial charge < -0.3 is 50.4 Å². The highest BCUT2D eigenvalue weighted by Crippen LogP contribution is 2.25. The number of hydrogen-bond acceptors (Lipinski definition) is 18. The maximum atomic E-state index is 13.7. The first-order valence-corrected chi connectivity index (χ1v) is 31.8. The summed E-state index contributed by atoms with van der Waals surface area (Å²) in [6.45, 7) is 24.6. The second-order valence-corrected chi connectivity index (χ2v) is 25.8. The first kappa shape index (κ1) is 70.1.